The molecular formula is C20H23NO2. The predicted octanol–water partition coefficient (Wildman–Crippen LogP) is 4.94. The molecule has 0 aliphatic carbocycles. The minimum Gasteiger partial charge on any atom is -0.481 e. The molecule has 2 aromatic rings. The van der Waals surface area contributed by atoms with Crippen LogP contribution in [-0.4, -0.2) is 16.1 Å². The lowest BCUT2D eigenvalue weighted by Gasteiger charge is -2.08. The molecule has 1 aromatic carbocycles. The van der Waals surface area contributed by atoms with Crippen molar-refractivity contribution in [3.8, 4) is 0 Å². The number of allylic oxidation sites excluding steroid dienone is 1. The molecule has 0 amide bonds. The molecular weight excluding hydrogens is 286 g/mol. The Hall–Kier alpha value is -2.42. The third kappa shape index (κ3) is 6.07. The molecule has 0 unspecified atom stereocenters. The number of aromatic nitrogens is 1. The molecule has 0 saturated carbocycles. The average Bonchev–Trinajstić information content (AvgIpc) is 2.59. The van der Waals surface area contributed by atoms with Crippen LogP contribution in [-0.2, 0) is 4.79 Å². The zero-order chi connectivity index (χ0) is 16.3. The first-order chi connectivity index (χ1) is 11.3. The largest absolute Gasteiger partial charge is 0.481 e. The third-order valence-corrected chi connectivity index (χ3v) is 3.75. The van der Waals surface area contributed by atoms with Gasteiger partial charge in [-0.15, -0.1) is 0 Å². The summed E-state index contributed by atoms with van der Waals surface area (Å²) < 4.78 is 0. The molecule has 2 rings (SSSR count). The lowest BCUT2D eigenvalue weighted by molar-refractivity contribution is -0.137. The minimum atomic E-state index is -0.701. The van der Waals surface area contributed by atoms with Crippen molar-refractivity contribution >= 4 is 11.5 Å². The lowest BCUT2D eigenvalue weighted by Crippen LogP contribution is -1.93. The Balaban J connectivity index is 1.94. The van der Waals surface area contributed by atoms with Gasteiger partial charge in [-0.1, -0.05) is 55.3 Å². The maximum Gasteiger partial charge on any atom is 0.303 e. The number of carbonyl (C=O) groups is 1. The van der Waals surface area contributed by atoms with E-state index in [2.05, 4.69) is 29.3 Å². The molecule has 0 spiro atoms. The van der Waals surface area contributed by atoms with E-state index in [0.717, 1.165) is 37.7 Å². The van der Waals surface area contributed by atoms with Crippen LogP contribution in [0.25, 0.3) is 5.57 Å². The van der Waals surface area contributed by atoms with Gasteiger partial charge in [-0.2, -0.15) is 0 Å². The summed E-state index contributed by atoms with van der Waals surface area (Å²) in [6, 6.07) is 14.4. The van der Waals surface area contributed by atoms with Gasteiger partial charge in [-0.25, -0.2) is 0 Å². The highest BCUT2D eigenvalue weighted by Gasteiger charge is 2.04. The monoisotopic (exact) mass is 309 g/mol. The molecule has 0 aliphatic rings. The number of benzene rings is 1. The molecule has 0 bridgehead atoms. The first kappa shape index (κ1) is 16.9. The summed E-state index contributed by atoms with van der Waals surface area (Å²) in [6.07, 6.45) is 11.1. The van der Waals surface area contributed by atoms with Gasteiger partial charge in [0.1, 0.15) is 0 Å². The Morgan fingerprint density at radius 1 is 0.957 bits per heavy atom. The quantitative estimate of drug-likeness (QED) is 0.668. The Kier molecular flexibility index (Phi) is 7.05. The number of nitrogens with zero attached hydrogens (tertiary/aromatic N) is 1. The first-order valence-corrected chi connectivity index (χ1v) is 8.15. The van der Waals surface area contributed by atoms with Crippen molar-refractivity contribution in [3.05, 3.63) is 72.1 Å². The molecule has 120 valence electrons. The number of hydrogen-bond donors (Lipinski definition) is 1. The summed E-state index contributed by atoms with van der Waals surface area (Å²) in [5, 5.41) is 8.63. The average molecular weight is 309 g/mol. The summed E-state index contributed by atoms with van der Waals surface area (Å²) in [4.78, 5) is 14.7. The number of rotatable bonds is 9. The van der Waals surface area contributed by atoms with Crippen molar-refractivity contribution < 1.29 is 9.90 Å². The topological polar surface area (TPSA) is 50.2 Å². The Bertz CT molecular complexity index is 579. The van der Waals surface area contributed by atoms with Crippen LogP contribution in [0.5, 0.6) is 0 Å². The van der Waals surface area contributed by atoms with Crippen LogP contribution in [0.1, 0.15) is 49.7 Å². The van der Waals surface area contributed by atoms with Crippen molar-refractivity contribution in [1.82, 2.24) is 4.98 Å². The molecule has 1 aromatic heterocycles. The molecule has 0 saturated heterocycles. The van der Waals surface area contributed by atoms with E-state index in [9.17, 15) is 4.79 Å². The van der Waals surface area contributed by atoms with Gasteiger partial charge in [0.05, 0.1) is 0 Å². The second kappa shape index (κ2) is 9.57. The predicted molar refractivity (Wildman–Crippen MR) is 93.1 cm³/mol. The fourth-order valence-electron chi connectivity index (χ4n) is 2.56. The molecule has 0 fully saturated rings. The highest BCUT2D eigenvalue weighted by molar-refractivity contribution is 5.79. The SMILES string of the molecule is O=C(O)CCCCCCC=C(c1ccccc1)c1cccnc1. The first-order valence-electron chi connectivity index (χ1n) is 8.15. The zero-order valence-electron chi connectivity index (χ0n) is 13.3. The van der Waals surface area contributed by atoms with Gasteiger partial charge >= 0.3 is 5.97 Å². The van der Waals surface area contributed by atoms with Crippen LogP contribution < -0.4 is 0 Å². The van der Waals surface area contributed by atoms with Gasteiger partial charge in [0.2, 0.25) is 0 Å². The minimum absolute atomic E-state index is 0.279. The van der Waals surface area contributed by atoms with E-state index in [1.54, 1.807) is 6.20 Å². The van der Waals surface area contributed by atoms with Gasteiger partial charge < -0.3 is 5.11 Å². The van der Waals surface area contributed by atoms with E-state index in [0.29, 0.717) is 0 Å². The van der Waals surface area contributed by atoms with Crippen LogP contribution in [0.2, 0.25) is 0 Å². The van der Waals surface area contributed by atoms with E-state index >= 15 is 0 Å². The Morgan fingerprint density at radius 3 is 2.39 bits per heavy atom. The third-order valence-electron chi connectivity index (χ3n) is 3.75. The number of pyridine rings is 1. The van der Waals surface area contributed by atoms with Gasteiger partial charge in [-0.05, 0) is 36.5 Å². The van der Waals surface area contributed by atoms with Crippen LogP contribution in [0.3, 0.4) is 0 Å². The normalized spacial score (nSPS) is 11.4. The second-order valence-electron chi connectivity index (χ2n) is 5.57. The molecule has 0 atom stereocenters. The number of carboxylic acid groups (broad SMARTS) is 1. The van der Waals surface area contributed by atoms with Crippen molar-refractivity contribution in [2.75, 3.05) is 0 Å². The van der Waals surface area contributed by atoms with Gasteiger partial charge in [0, 0.05) is 24.4 Å². The number of aliphatic carboxylic acids is 1. The van der Waals surface area contributed by atoms with E-state index in [1.165, 1.54) is 11.1 Å². The van der Waals surface area contributed by atoms with Crippen molar-refractivity contribution in [2.45, 2.75) is 38.5 Å². The maximum atomic E-state index is 10.5. The van der Waals surface area contributed by atoms with Gasteiger partial charge in [-0.3, -0.25) is 9.78 Å². The van der Waals surface area contributed by atoms with Gasteiger partial charge in [0.15, 0.2) is 0 Å². The molecule has 0 aliphatic heterocycles. The molecule has 1 N–H and O–H groups in total. The highest BCUT2D eigenvalue weighted by atomic mass is 16.4. The summed E-state index contributed by atoms with van der Waals surface area (Å²) >= 11 is 0. The Morgan fingerprint density at radius 2 is 1.70 bits per heavy atom. The number of carboxylic acids is 1. The molecule has 0 radical (unpaired) electrons. The number of unbranched alkanes of at least 4 members (excludes halogenated alkanes) is 4. The highest BCUT2D eigenvalue weighted by Crippen LogP contribution is 2.23. The molecule has 1 heterocycles. The zero-order valence-corrected chi connectivity index (χ0v) is 13.3. The molecule has 23 heavy (non-hydrogen) atoms. The molecule has 3 nitrogen and oxygen atoms in total. The summed E-state index contributed by atoms with van der Waals surface area (Å²) in [6.45, 7) is 0. The lowest BCUT2D eigenvalue weighted by atomic mass is 9.97. The summed E-state index contributed by atoms with van der Waals surface area (Å²) in [5.41, 5.74) is 3.54. The van der Waals surface area contributed by atoms with Gasteiger partial charge in [0.25, 0.3) is 0 Å². The number of hydrogen-bond acceptors (Lipinski definition) is 2. The fraction of sp³-hybridized carbons (Fsp3) is 0.300. The van der Waals surface area contributed by atoms with Crippen LogP contribution in [0.15, 0.2) is 60.9 Å². The molecule has 3 heteroatoms. The van der Waals surface area contributed by atoms with E-state index < -0.39 is 5.97 Å². The standard InChI is InChI=1S/C20H23NO2/c22-20(23)14-8-3-1-2-7-13-19(17-10-5-4-6-11-17)18-12-9-15-21-16-18/h4-6,9-13,15-16H,1-3,7-8,14H2,(H,22,23). The van der Waals surface area contributed by atoms with E-state index in [-0.39, 0.29) is 6.42 Å². The van der Waals surface area contributed by atoms with E-state index in [4.69, 9.17) is 5.11 Å². The van der Waals surface area contributed by atoms with E-state index in [1.807, 2.05) is 30.5 Å². The Labute approximate surface area is 137 Å². The summed E-state index contributed by atoms with van der Waals surface area (Å²) in [7, 11) is 0. The second-order valence-corrected chi connectivity index (χ2v) is 5.57. The van der Waals surface area contributed by atoms with Crippen molar-refractivity contribution in [1.29, 1.82) is 0 Å². The maximum absolute atomic E-state index is 10.5. The van der Waals surface area contributed by atoms with Crippen LogP contribution in [0, 0.1) is 0 Å². The van der Waals surface area contributed by atoms with Crippen molar-refractivity contribution in [3.63, 3.8) is 0 Å². The van der Waals surface area contributed by atoms with Crippen molar-refractivity contribution in [2.24, 2.45) is 0 Å². The summed E-state index contributed by atoms with van der Waals surface area (Å²) in [5.74, 6) is -0.701. The smallest absolute Gasteiger partial charge is 0.303 e. The van der Waals surface area contributed by atoms with Crippen LogP contribution >= 0.6 is 0 Å². The fourth-order valence-corrected chi connectivity index (χ4v) is 2.56. The van der Waals surface area contributed by atoms with Crippen LogP contribution in [0.4, 0.5) is 0 Å².